The summed E-state index contributed by atoms with van der Waals surface area (Å²) in [6.45, 7) is 3.30. The number of methoxy groups -OCH3 is 1. The molecule has 0 amide bonds. The molecular formula is C19H27N5OS. The summed E-state index contributed by atoms with van der Waals surface area (Å²) in [7, 11) is 5.90. The Morgan fingerprint density at radius 3 is 2.77 bits per heavy atom. The molecule has 0 bridgehead atoms. The fourth-order valence-electron chi connectivity index (χ4n) is 3.36. The average molecular weight is 374 g/mol. The maximum absolute atomic E-state index is 5.69. The van der Waals surface area contributed by atoms with E-state index in [0.29, 0.717) is 6.61 Å². The van der Waals surface area contributed by atoms with E-state index in [2.05, 4.69) is 63.2 Å². The van der Waals surface area contributed by atoms with E-state index in [4.69, 9.17) is 17.0 Å². The second-order valence-corrected chi connectivity index (χ2v) is 7.13. The molecular weight excluding hydrogens is 346 g/mol. The first-order valence-electron chi connectivity index (χ1n) is 8.88. The van der Waals surface area contributed by atoms with Crippen molar-refractivity contribution in [3.63, 3.8) is 0 Å². The first-order chi connectivity index (χ1) is 12.6. The summed E-state index contributed by atoms with van der Waals surface area (Å²) >= 11 is 5.69. The summed E-state index contributed by atoms with van der Waals surface area (Å²) in [5.74, 6) is 0. The van der Waals surface area contributed by atoms with E-state index in [1.54, 1.807) is 7.11 Å². The summed E-state index contributed by atoms with van der Waals surface area (Å²) in [4.78, 5) is 9.05. The molecule has 1 fully saturated rings. The molecule has 7 heteroatoms. The lowest BCUT2D eigenvalue weighted by Gasteiger charge is -2.29. The molecule has 0 saturated carbocycles. The van der Waals surface area contributed by atoms with E-state index in [9.17, 15) is 0 Å². The summed E-state index contributed by atoms with van der Waals surface area (Å²) in [6.07, 6.45) is 3.94. The fraction of sp³-hybridized carbons (Fsp3) is 0.474. The highest BCUT2D eigenvalue weighted by Gasteiger charge is 2.40. The topological polar surface area (TPSA) is 45.6 Å². The quantitative estimate of drug-likeness (QED) is 0.715. The van der Waals surface area contributed by atoms with Gasteiger partial charge in [-0.25, -0.2) is 0 Å². The van der Waals surface area contributed by atoms with Crippen molar-refractivity contribution < 1.29 is 4.74 Å². The molecule has 140 valence electrons. The van der Waals surface area contributed by atoms with Crippen LogP contribution < -0.4 is 5.32 Å². The molecule has 6 nitrogen and oxygen atoms in total. The monoisotopic (exact) mass is 373 g/mol. The molecule has 0 aliphatic carbocycles. The number of aromatic nitrogens is 2. The summed E-state index contributed by atoms with van der Waals surface area (Å²) in [6, 6.07) is 10.4. The number of thiocarbonyl (C=S) groups is 1. The first kappa shape index (κ1) is 18.8. The van der Waals surface area contributed by atoms with Crippen molar-refractivity contribution in [3.05, 3.63) is 54.1 Å². The Morgan fingerprint density at radius 1 is 1.23 bits per heavy atom. The lowest BCUT2D eigenvalue weighted by atomic mass is 10.0. The Hall–Kier alpha value is -1.96. The minimum absolute atomic E-state index is 0.0297. The lowest BCUT2D eigenvalue weighted by Crippen LogP contribution is -2.36. The second kappa shape index (κ2) is 8.62. The number of nitrogens with one attached hydrogen (secondary N) is 1. The largest absolute Gasteiger partial charge is 0.383 e. The van der Waals surface area contributed by atoms with Crippen molar-refractivity contribution in [2.24, 2.45) is 0 Å². The normalized spacial score (nSPS) is 20.0. The van der Waals surface area contributed by atoms with Crippen LogP contribution in [-0.2, 0) is 11.3 Å². The molecule has 1 saturated heterocycles. The van der Waals surface area contributed by atoms with Crippen LogP contribution >= 0.6 is 12.2 Å². The van der Waals surface area contributed by atoms with Gasteiger partial charge in [-0.2, -0.15) is 0 Å². The van der Waals surface area contributed by atoms with Gasteiger partial charge in [0.25, 0.3) is 0 Å². The molecule has 2 aromatic rings. The molecule has 1 aliphatic heterocycles. The van der Waals surface area contributed by atoms with Crippen molar-refractivity contribution in [2.45, 2.75) is 18.6 Å². The fourth-order valence-corrected chi connectivity index (χ4v) is 3.70. The summed E-state index contributed by atoms with van der Waals surface area (Å²) in [5, 5.41) is 4.28. The summed E-state index contributed by atoms with van der Waals surface area (Å²) < 4.78 is 7.53. The zero-order chi connectivity index (χ0) is 18.5. The number of pyridine rings is 1. The van der Waals surface area contributed by atoms with Gasteiger partial charge < -0.3 is 24.4 Å². The smallest absolute Gasteiger partial charge is 0.170 e. The number of nitrogens with zero attached hydrogens (tertiary/aromatic N) is 4. The van der Waals surface area contributed by atoms with E-state index in [1.165, 1.54) is 5.69 Å². The Bertz CT molecular complexity index is 718. The van der Waals surface area contributed by atoms with E-state index in [1.807, 2.05) is 18.3 Å². The van der Waals surface area contributed by atoms with Crippen LogP contribution in [-0.4, -0.2) is 65.4 Å². The highest BCUT2D eigenvalue weighted by molar-refractivity contribution is 7.80. The van der Waals surface area contributed by atoms with E-state index < -0.39 is 0 Å². The SMILES string of the molecule is COCCn1cccc1C1C(c2ccccn2)NC(=S)N1CCN(C)C. The van der Waals surface area contributed by atoms with Gasteiger partial charge in [0.1, 0.15) is 0 Å². The van der Waals surface area contributed by atoms with Gasteiger partial charge in [0, 0.05) is 44.8 Å². The molecule has 0 spiro atoms. The van der Waals surface area contributed by atoms with Gasteiger partial charge >= 0.3 is 0 Å². The van der Waals surface area contributed by atoms with Crippen molar-refractivity contribution in [2.75, 3.05) is 40.9 Å². The molecule has 26 heavy (non-hydrogen) atoms. The average Bonchev–Trinajstić information content (AvgIpc) is 3.22. The minimum Gasteiger partial charge on any atom is -0.383 e. The predicted octanol–water partition coefficient (Wildman–Crippen LogP) is 2.06. The molecule has 2 unspecified atom stereocenters. The highest BCUT2D eigenvalue weighted by Crippen LogP contribution is 2.38. The van der Waals surface area contributed by atoms with E-state index >= 15 is 0 Å². The zero-order valence-electron chi connectivity index (χ0n) is 15.6. The maximum atomic E-state index is 5.69. The third kappa shape index (κ3) is 4.06. The van der Waals surface area contributed by atoms with E-state index in [-0.39, 0.29) is 12.1 Å². The van der Waals surface area contributed by atoms with Gasteiger partial charge in [-0.15, -0.1) is 0 Å². The van der Waals surface area contributed by atoms with Crippen LogP contribution in [0.4, 0.5) is 0 Å². The molecule has 1 aliphatic rings. The molecule has 0 radical (unpaired) electrons. The molecule has 0 aromatic carbocycles. The number of rotatable bonds is 8. The van der Waals surface area contributed by atoms with Crippen molar-refractivity contribution in [3.8, 4) is 0 Å². The third-order valence-electron chi connectivity index (χ3n) is 4.69. The predicted molar refractivity (Wildman–Crippen MR) is 107 cm³/mol. The molecule has 1 N–H and O–H groups in total. The molecule has 2 aromatic heterocycles. The number of likely N-dealkylation sites (N-methyl/N-ethyl adjacent to an activating group) is 1. The third-order valence-corrected chi connectivity index (χ3v) is 5.04. The number of hydrogen-bond donors (Lipinski definition) is 1. The first-order valence-corrected chi connectivity index (χ1v) is 9.29. The van der Waals surface area contributed by atoms with Crippen LogP contribution in [0.5, 0.6) is 0 Å². The van der Waals surface area contributed by atoms with Gasteiger partial charge in [0.2, 0.25) is 0 Å². The van der Waals surface area contributed by atoms with Gasteiger partial charge in [-0.1, -0.05) is 6.07 Å². The lowest BCUT2D eigenvalue weighted by molar-refractivity contribution is 0.183. The molecule has 2 atom stereocenters. The Kier molecular flexibility index (Phi) is 6.24. The van der Waals surface area contributed by atoms with Crippen LogP contribution in [0, 0.1) is 0 Å². The summed E-state index contributed by atoms with van der Waals surface area (Å²) in [5.41, 5.74) is 2.23. The zero-order valence-corrected chi connectivity index (χ0v) is 16.4. The Balaban J connectivity index is 1.95. The number of hydrogen-bond acceptors (Lipinski definition) is 4. The second-order valence-electron chi connectivity index (χ2n) is 6.74. The highest BCUT2D eigenvalue weighted by atomic mass is 32.1. The molecule has 3 rings (SSSR count). The minimum atomic E-state index is 0.0297. The van der Waals surface area contributed by atoms with Gasteiger partial charge in [-0.3, -0.25) is 4.98 Å². The van der Waals surface area contributed by atoms with Crippen LogP contribution in [0.1, 0.15) is 23.5 Å². The van der Waals surface area contributed by atoms with E-state index in [0.717, 1.165) is 30.4 Å². The van der Waals surface area contributed by atoms with Crippen LogP contribution in [0.2, 0.25) is 0 Å². The van der Waals surface area contributed by atoms with Crippen molar-refractivity contribution in [1.29, 1.82) is 0 Å². The van der Waals surface area contributed by atoms with Crippen LogP contribution in [0.3, 0.4) is 0 Å². The van der Waals surface area contributed by atoms with Gasteiger partial charge in [0.05, 0.1) is 24.4 Å². The molecule has 3 heterocycles. The van der Waals surface area contributed by atoms with Crippen molar-refractivity contribution >= 4 is 17.3 Å². The van der Waals surface area contributed by atoms with Gasteiger partial charge in [-0.05, 0) is 50.6 Å². The number of ether oxygens (including phenoxy) is 1. The van der Waals surface area contributed by atoms with Crippen LogP contribution in [0.15, 0.2) is 42.7 Å². The Morgan fingerprint density at radius 2 is 2.08 bits per heavy atom. The van der Waals surface area contributed by atoms with Crippen LogP contribution in [0.25, 0.3) is 0 Å². The Labute approximate surface area is 160 Å². The van der Waals surface area contributed by atoms with Gasteiger partial charge in [0.15, 0.2) is 5.11 Å². The maximum Gasteiger partial charge on any atom is 0.170 e. The standard InChI is InChI=1S/C19H27N5OS/c1-22(2)11-12-24-18(16-8-6-10-23(16)13-14-25-3)17(21-19(24)26)15-7-4-5-9-20-15/h4-10,17-18H,11-14H2,1-3H3,(H,21,26). The van der Waals surface area contributed by atoms with Crippen molar-refractivity contribution in [1.82, 2.24) is 24.7 Å².